The third-order valence-corrected chi connectivity index (χ3v) is 2.49. The molecule has 6 heteroatoms. The first-order valence-electron chi connectivity index (χ1n) is 6.18. The molecule has 1 aromatic heterocycles. The summed E-state index contributed by atoms with van der Waals surface area (Å²) < 4.78 is 0. The van der Waals surface area contributed by atoms with E-state index in [-0.39, 0.29) is 11.6 Å². The van der Waals surface area contributed by atoms with E-state index in [1.165, 1.54) is 18.5 Å². The maximum Gasteiger partial charge on any atom is 0.337 e. The topological polar surface area (TPSA) is 82.5 Å². The molecule has 0 aromatic carbocycles. The first-order chi connectivity index (χ1) is 8.93. The lowest BCUT2D eigenvalue weighted by atomic mass is 10.2. The molecule has 0 radical (unpaired) electrons. The van der Waals surface area contributed by atoms with Gasteiger partial charge in [0.05, 0.1) is 17.4 Å². The minimum Gasteiger partial charge on any atom is -0.478 e. The van der Waals surface area contributed by atoms with Gasteiger partial charge in [-0.25, -0.2) is 9.59 Å². The van der Waals surface area contributed by atoms with Crippen molar-refractivity contribution in [1.82, 2.24) is 9.88 Å². The third-order valence-electron chi connectivity index (χ3n) is 2.49. The summed E-state index contributed by atoms with van der Waals surface area (Å²) in [7, 11) is 0. The number of hydrogen-bond acceptors (Lipinski definition) is 3. The minimum atomic E-state index is -1.07. The van der Waals surface area contributed by atoms with Crippen LogP contribution in [-0.2, 0) is 0 Å². The predicted octanol–water partition coefficient (Wildman–Crippen LogP) is 2.29. The van der Waals surface area contributed by atoms with E-state index >= 15 is 0 Å². The molecule has 104 valence electrons. The Hall–Kier alpha value is -2.11. The van der Waals surface area contributed by atoms with E-state index in [1.807, 2.05) is 20.8 Å². The van der Waals surface area contributed by atoms with Gasteiger partial charge in [-0.15, -0.1) is 0 Å². The molecule has 6 nitrogen and oxygen atoms in total. The fourth-order valence-electron chi connectivity index (χ4n) is 1.62. The fourth-order valence-corrected chi connectivity index (χ4v) is 1.62. The van der Waals surface area contributed by atoms with Gasteiger partial charge in [-0.05, 0) is 18.9 Å². The molecule has 0 saturated carbocycles. The van der Waals surface area contributed by atoms with Gasteiger partial charge in [0.25, 0.3) is 0 Å². The maximum absolute atomic E-state index is 12.0. The molecule has 0 unspecified atom stereocenters. The monoisotopic (exact) mass is 265 g/mol. The quantitative estimate of drug-likeness (QED) is 0.855. The normalized spacial score (nSPS) is 10.3. The number of carboxylic acids is 1. The number of rotatable bonds is 5. The highest BCUT2D eigenvalue weighted by Crippen LogP contribution is 2.10. The van der Waals surface area contributed by atoms with Crippen molar-refractivity contribution in [2.24, 2.45) is 5.92 Å². The van der Waals surface area contributed by atoms with Crippen molar-refractivity contribution in [2.75, 3.05) is 18.4 Å². The summed E-state index contributed by atoms with van der Waals surface area (Å²) in [5.74, 6) is -0.702. The van der Waals surface area contributed by atoms with Crippen molar-refractivity contribution in [3.8, 4) is 0 Å². The van der Waals surface area contributed by atoms with Crippen LogP contribution in [0.5, 0.6) is 0 Å². The molecule has 0 atom stereocenters. The van der Waals surface area contributed by atoms with Crippen LogP contribution in [0.3, 0.4) is 0 Å². The molecule has 0 bridgehead atoms. The second-order valence-corrected chi connectivity index (χ2v) is 4.63. The van der Waals surface area contributed by atoms with E-state index in [4.69, 9.17) is 5.11 Å². The number of carbonyl (C=O) groups is 2. The lowest BCUT2D eigenvalue weighted by Crippen LogP contribution is -2.37. The van der Waals surface area contributed by atoms with E-state index < -0.39 is 5.97 Å². The summed E-state index contributed by atoms with van der Waals surface area (Å²) in [4.78, 5) is 28.3. The van der Waals surface area contributed by atoms with Crippen LogP contribution in [0.25, 0.3) is 0 Å². The van der Waals surface area contributed by atoms with Gasteiger partial charge in [0.2, 0.25) is 0 Å². The predicted molar refractivity (Wildman–Crippen MR) is 72.3 cm³/mol. The number of hydrogen-bond donors (Lipinski definition) is 2. The Bertz CT molecular complexity index is 460. The van der Waals surface area contributed by atoms with E-state index in [0.717, 1.165) is 0 Å². The van der Waals surface area contributed by atoms with Crippen LogP contribution < -0.4 is 5.32 Å². The largest absolute Gasteiger partial charge is 0.478 e. The molecule has 0 saturated heterocycles. The van der Waals surface area contributed by atoms with Gasteiger partial charge in [0, 0.05) is 19.3 Å². The summed E-state index contributed by atoms with van der Waals surface area (Å²) in [5.41, 5.74) is 0.428. The van der Waals surface area contributed by atoms with Gasteiger partial charge in [-0.3, -0.25) is 4.98 Å². The van der Waals surface area contributed by atoms with Crippen LogP contribution in [0.1, 0.15) is 31.1 Å². The molecule has 19 heavy (non-hydrogen) atoms. The van der Waals surface area contributed by atoms with Gasteiger partial charge in [0.1, 0.15) is 0 Å². The number of carbonyl (C=O) groups excluding carboxylic acids is 1. The number of nitrogens with zero attached hydrogens (tertiary/aromatic N) is 2. The van der Waals surface area contributed by atoms with Gasteiger partial charge in [0.15, 0.2) is 0 Å². The van der Waals surface area contributed by atoms with Crippen LogP contribution in [0.2, 0.25) is 0 Å². The van der Waals surface area contributed by atoms with Crippen LogP contribution in [-0.4, -0.2) is 40.1 Å². The molecule has 0 fully saturated rings. The first kappa shape index (κ1) is 14.9. The Labute approximate surface area is 112 Å². The molecular formula is C13H19N3O3. The summed E-state index contributed by atoms with van der Waals surface area (Å²) in [6, 6.07) is 1.14. The van der Waals surface area contributed by atoms with Gasteiger partial charge in [-0.1, -0.05) is 13.8 Å². The van der Waals surface area contributed by atoms with Crippen LogP contribution in [0.4, 0.5) is 10.5 Å². The summed E-state index contributed by atoms with van der Waals surface area (Å²) in [5, 5.41) is 11.5. The highest BCUT2D eigenvalue weighted by atomic mass is 16.4. The molecule has 0 aliphatic carbocycles. The molecule has 0 aliphatic heterocycles. The SMILES string of the molecule is CCN(CC(C)C)C(=O)Nc1cncc(C(=O)O)c1. The summed E-state index contributed by atoms with van der Waals surface area (Å²) >= 11 is 0. The number of carboxylic acid groups (broad SMARTS) is 1. The zero-order chi connectivity index (χ0) is 14.4. The highest BCUT2D eigenvalue weighted by Gasteiger charge is 2.14. The molecule has 1 rings (SSSR count). The van der Waals surface area contributed by atoms with Crippen molar-refractivity contribution >= 4 is 17.7 Å². The van der Waals surface area contributed by atoms with Crippen molar-refractivity contribution in [1.29, 1.82) is 0 Å². The third kappa shape index (κ3) is 4.57. The van der Waals surface area contributed by atoms with Crippen LogP contribution in [0.15, 0.2) is 18.5 Å². The van der Waals surface area contributed by atoms with E-state index in [9.17, 15) is 9.59 Å². The van der Waals surface area contributed by atoms with Gasteiger partial charge >= 0.3 is 12.0 Å². The Morgan fingerprint density at radius 1 is 1.42 bits per heavy atom. The van der Waals surface area contributed by atoms with Crippen molar-refractivity contribution < 1.29 is 14.7 Å². The number of aromatic carboxylic acids is 1. The number of nitrogens with one attached hydrogen (secondary N) is 1. The van der Waals surface area contributed by atoms with Gasteiger partial charge < -0.3 is 15.3 Å². The first-order valence-corrected chi connectivity index (χ1v) is 6.18. The Morgan fingerprint density at radius 3 is 2.63 bits per heavy atom. The molecule has 0 aliphatic rings. The smallest absolute Gasteiger partial charge is 0.337 e. The van der Waals surface area contributed by atoms with Crippen LogP contribution >= 0.6 is 0 Å². The Morgan fingerprint density at radius 2 is 2.11 bits per heavy atom. The Kier molecular flexibility index (Phi) is 5.29. The lowest BCUT2D eigenvalue weighted by molar-refractivity contribution is 0.0696. The second kappa shape index (κ2) is 6.72. The molecule has 2 N–H and O–H groups in total. The zero-order valence-electron chi connectivity index (χ0n) is 11.4. The number of anilines is 1. The average Bonchev–Trinajstić information content (AvgIpc) is 2.35. The standard InChI is InChI=1S/C13H19N3O3/c1-4-16(8-9(2)3)13(19)15-11-5-10(12(17)18)6-14-7-11/h5-7,9H,4,8H2,1-3H3,(H,15,19)(H,17,18). The molecule has 2 amide bonds. The fraction of sp³-hybridized carbons (Fsp3) is 0.462. The van der Waals surface area contributed by atoms with E-state index in [1.54, 1.807) is 4.90 Å². The second-order valence-electron chi connectivity index (χ2n) is 4.63. The summed E-state index contributed by atoms with van der Waals surface area (Å²) in [6.07, 6.45) is 2.66. The van der Waals surface area contributed by atoms with Crippen LogP contribution in [0, 0.1) is 5.92 Å². The van der Waals surface area contributed by atoms with Crippen molar-refractivity contribution in [3.05, 3.63) is 24.0 Å². The molecule has 0 spiro atoms. The highest BCUT2D eigenvalue weighted by molar-refractivity contribution is 5.92. The number of pyridine rings is 1. The number of urea groups is 1. The minimum absolute atomic E-state index is 0.0460. The van der Waals surface area contributed by atoms with E-state index in [0.29, 0.717) is 24.7 Å². The Balaban J connectivity index is 2.75. The number of amides is 2. The molecular weight excluding hydrogens is 246 g/mol. The summed E-state index contributed by atoms with van der Waals surface area (Å²) in [6.45, 7) is 7.20. The maximum atomic E-state index is 12.0. The number of aromatic nitrogens is 1. The van der Waals surface area contributed by atoms with E-state index in [2.05, 4.69) is 10.3 Å². The lowest BCUT2D eigenvalue weighted by Gasteiger charge is -2.23. The molecule has 1 heterocycles. The average molecular weight is 265 g/mol. The van der Waals surface area contributed by atoms with Crippen molar-refractivity contribution in [3.63, 3.8) is 0 Å². The molecule has 1 aromatic rings. The zero-order valence-corrected chi connectivity index (χ0v) is 11.4. The van der Waals surface area contributed by atoms with Gasteiger partial charge in [-0.2, -0.15) is 0 Å². The van der Waals surface area contributed by atoms with Crippen molar-refractivity contribution in [2.45, 2.75) is 20.8 Å².